The molecule has 2 aliphatic rings. The van der Waals surface area contributed by atoms with E-state index in [0.717, 1.165) is 43.4 Å². The van der Waals surface area contributed by atoms with E-state index in [9.17, 15) is 9.90 Å². The summed E-state index contributed by atoms with van der Waals surface area (Å²) in [6.45, 7) is 0. The molecule has 2 aliphatic carbocycles. The Labute approximate surface area is 168 Å². The smallest absolute Gasteiger partial charge is 0.342 e. The van der Waals surface area contributed by atoms with E-state index in [1.165, 1.54) is 31.2 Å². The van der Waals surface area contributed by atoms with Crippen molar-refractivity contribution < 1.29 is 9.52 Å². The SMILES string of the molecule is O=c1oc(CCC(C2CC2)C2CC2)c(Br)c(O)c1CCCc1ccccc1. The van der Waals surface area contributed by atoms with Gasteiger partial charge >= 0.3 is 5.63 Å². The van der Waals surface area contributed by atoms with Gasteiger partial charge in [-0.1, -0.05) is 30.3 Å². The van der Waals surface area contributed by atoms with E-state index in [2.05, 4.69) is 28.1 Å². The maximum Gasteiger partial charge on any atom is 0.342 e. The summed E-state index contributed by atoms with van der Waals surface area (Å²) in [5, 5.41) is 10.6. The number of rotatable bonds is 9. The van der Waals surface area contributed by atoms with Gasteiger partial charge in [-0.3, -0.25) is 0 Å². The van der Waals surface area contributed by atoms with Gasteiger partial charge in [0.1, 0.15) is 11.5 Å². The predicted molar refractivity (Wildman–Crippen MR) is 110 cm³/mol. The highest BCUT2D eigenvalue weighted by Gasteiger charge is 2.41. The summed E-state index contributed by atoms with van der Waals surface area (Å²) in [7, 11) is 0. The van der Waals surface area contributed by atoms with Crippen LogP contribution < -0.4 is 5.63 Å². The molecule has 0 spiro atoms. The molecule has 4 heteroatoms. The molecule has 0 unspecified atom stereocenters. The molecule has 0 amide bonds. The zero-order valence-corrected chi connectivity index (χ0v) is 17.2. The lowest BCUT2D eigenvalue weighted by atomic mass is 9.92. The van der Waals surface area contributed by atoms with Gasteiger partial charge in [0.15, 0.2) is 0 Å². The molecular weight excluding hydrogens is 404 g/mol. The average molecular weight is 431 g/mol. The van der Waals surface area contributed by atoms with Crippen LogP contribution in [0, 0.1) is 17.8 Å². The van der Waals surface area contributed by atoms with E-state index in [1.54, 1.807) is 0 Å². The van der Waals surface area contributed by atoms with Crippen LogP contribution in [0.2, 0.25) is 0 Å². The van der Waals surface area contributed by atoms with Gasteiger partial charge in [0.2, 0.25) is 0 Å². The van der Waals surface area contributed by atoms with Crippen molar-refractivity contribution in [3.05, 3.63) is 62.1 Å². The van der Waals surface area contributed by atoms with Gasteiger partial charge in [0.25, 0.3) is 0 Å². The van der Waals surface area contributed by atoms with Crippen LogP contribution >= 0.6 is 15.9 Å². The highest BCUT2D eigenvalue weighted by molar-refractivity contribution is 9.10. The summed E-state index contributed by atoms with van der Waals surface area (Å²) in [6.07, 6.45) is 9.43. The van der Waals surface area contributed by atoms with Crippen LogP contribution in [0.1, 0.15) is 55.4 Å². The minimum absolute atomic E-state index is 0.0729. The molecule has 0 aliphatic heterocycles. The first-order valence-corrected chi connectivity index (χ1v) is 11.0. The lowest BCUT2D eigenvalue weighted by Gasteiger charge is -2.15. The maximum absolute atomic E-state index is 12.4. The van der Waals surface area contributed by atoms with E-state index in [4.69, 9.17) is 4.42 Å². The van der Waals surface area contributed by atoms with Crippen molar-refractivity contribution in [1.82, 2.24) is 0 Å². The lowest BCUT2D eigenvalue weighted by molar-refractivity contribution is 0.347. The van der Waals surface area contributed by atoms with Gasteiger partial charge in [-0.2, -0.15) is 0 Å². The van der Waals surface area contributed by atoms with Crippen molar-refractivity contribution >= 4 is 15.9 Å². The third-order valence-corrected chi connectivity index (χ3v) is 6.91. The third-order valence-electron chi connectivity index (χ3n) is 6.10. The summed E-state index contributed by atoms with van der Waals surface area (Å²) in [5.41, 5.74) is 1.25. The molecule has 1 aromatic carbocycles. The molecule has 27 heavy (non-hydrogen) atoms. The number of halogens is 1. The molecule has 0 bridgehead atoms. The molecule has 144 valence electrons. The quantitative estimate of drug-likeness (QED) is 0.558. The Hall–Kier alpha value is -1.55. The van der Waals surface area contributed by atoms with E-state index in [0.29, 0.717) is 22.2 Å². The molecule has 1 heterocycles. The average Bonchev–Trinajstić information content (AvgIpc) is 3.57. The standard InChI is InChI=1S/C23H27BrO3/c24-21-20(14-13-18(16-9-10-16)17-11-12-17)27-23(26)19(22(21)25)8-4-7-15-5-2-1-3-6-15/h1-3,5-6,16-18,25H,4,7-14H2. The fraction of sp³-hybridized carbons (Fsp3) is 0.522. The topological polar surface area (TPSA) is 50.4 Å². The van der Waals surface area contributed by atoms with Gasteiger partial charge in [-0.15, -0.1) is 0 Å². The molecule has 0 atom stereocenters. The highest BCUT2D eigenvalue weighted by atomic mass is 79.9. The summed E-state index contributed by atoms with van der Waals surface area (Å²) in [6, 6.07) is 10.2. The van der Waals surface area contributed by atoms with Gasteiger partial charge in [-0.25, -0.2) is 4.79 Å². The molecular formula is C23H27BrO3. The van der Waals surface area contributed by atoms with Crippen molar-refractivity contribution in [3.63, 3.8) is 0 Å². The summed E-state index contributed by atoms with van der Waals surface area (Å²) in [4.78, 5) is 12.4. The van der Waals surface area contributed by atoms with Gasteiger partial charge in [-0.05, 0) is 90.6 Å². The Morgan fingerprint density at radius 1 is 1.04 bits per heavy atom. The van der Waals surface area contributed by atoms with Crippen molar-refractivity contribution in [2.45, 2.75) is 57.8 Å². The van der Waals surface area contributed by atoms with Crippen LogP contribution in [0.15, 0.2) is 44.0 Å². The largest absolute Gasteiger partial charge is 0.506 e. The molecule has 2 saturated carbocycles. The minimum atomic E-state index is -0.381. The normalized spacial score (nSPS) is 16.8. The van der Waals surface area contributed by atoms with Crippen LogP contribution in [0.25, 0.3) is 0 Å². The van der Waals surface area contributed by atoms with Crippen molar-refractivity contribution in [3.8, 4) is 5.75 Å². The van der Waals surface area contributed by atoms with Gasteiger partial charge < -0.3 is 9.52 Å². The molecule has 4 rings (SSSR count). The zero-order chi connectivity index (χ0) is 18.8. The number of hydrogen-bond donors (Lipinski definition) is 1. The number of hydrogen-bond acceptors (Lipinski definition) is 3. The van der Waals surface area contributed by atoms with Crippen LogP contribution in [-0.4, -0.2) is 5.11 Å². The van der Waals surface area contributed by atoms with Crippen LogP contribution in [-0.2, 0) is 19.3 Å². The van der Waals surface area contributed by atoms with E-state index < -0.39 is 0 Å². The van der Waals surface area contributed by atoms with Crippen molar-refractivity contribution in [2.75, 3.05) is 0 Å². The second-order valence-corrected chi connectivity index (χ2v) is 8.96. The number of aromatic hydroxyl groups is 1. The first-order valence-electron chi connectivity index (χ1n) is 10.2. The Morgan fingerprint density at radius 2 is 1.70 bits per heavy atom. The first kappa shape index (κ1) is 18.8. The Balaban J connectivity index is 1.40. The highest BCUT2D eigenvalue weighted by Crippen LogP contribution is 2.51. The molecule has 1 N–H and O–H groups in total. The fourth-order valence-electron chi connectivity index (χ4n) is 4.28. The van der Waals surface area contributed by atoms with E-state index >= 15 is 0 Å². The Kier molecular flexibility index (Phi) is 5.72. The Bertz CT molecular complexity index is 823. The summed E-state index contributed by atoms with van der Waals surface area (Å²) >= 11 is 3.47. The third kappa shape index (κ3) is 4.66. The lowest BCUT2D eigenvalue weighted by Crippen LogP contribution is -2.13. The second-order valence-electron chi connectivity index (χ2n) is 8.17. The van der Waals surface area contributed by atoms with Crippen LogP contribution in [0.4, 0.5) is 0 Å². The van der Waals surface area contributed by atoms with E-state index in [-0.39, 0.29) is 11.4 Å². The molecule has 2 fully saturated rings. The molecule has 2 aromatic rings. The molecule has 0 radical (unpaired) electrons. The number of aryl methyl sites for hydroxylation is 2. The molecule has 0 saturated heterocycles. The van der Waals surface area contributed by atoms with Crippen molar-refractivity contribution in [1.29, 1.82) is 0 Å². The summed E-state index contributed by atoms with van der Waals surface area (Å²) < 4.78 is 6.18. The van der Waals surface area contributed by atoms with Gasteiger partial charge in [0.05, 0.1) is 10.0 Å². The second kappa shape index (κ2) is 8.22. The van der Waals surface area contributed by atoms with E-state index in [1.807, 2.05) is 18.2 Å². The van der Waals surface area contributed by atoms with Gasteiger partial charge in [0, 0.05) is 6.42 Å². The van der Waals surface area contributed by atoms with Crippen molar-refractivity contribution in [2.24, 2.45) is 17.8 Å². The molecule has 3 nitrogen and oxygen atoms in total. The monoisotopic (exact) mass is 430 g/mol. The fourth-order valence-corrected chi connectivity index (χ4v) is 4.80. The Morgan fingerprint density at radius 3 is 2.33 bits per heavy atom. The predicted octanol–water partition coefficient (Wildman–Crippen LogP) is 5.65. The zero-order valence-electron chi connectivity index (χ0n) is 15.6. The number of benzene rings is 1. The van der Waals surface area contributed by atoms with Crippen LogP contribution in [0.5, 0.6) is 5.75 Å². The van der Waals surface area contributed by atoms with Crippen LogP contribution in [0.3, 0.4) is 0 Å². The minimum Gasteiger partial charge on any atom is -0.506 e. The first-order chi connectivity index (χ1) is 13.1. The summed E-state index contributed by atoms with van der Waals surface area (Å²) in [5.74, 6) is 3.22. The molecule has 1 aromatic heterocycles. The maximum atomic E-state index is 12.4.